The average molecular weight is 356 g/mol. The van der Waals surface area contributed by atoms with Crippen LogP contribution in [0.5, 0.6) is 5.75 Å². The van der Waals surface area contributed by atoms with E-state index in [0.717, 1.165) is 17.3 Å². The number of methoxy groups -OCH3 is 1. The zero-order valence-electron chi connectivity index (χ0n) is 12.0. The first-order chi connectivity index (χ1) is 10.1. The Morgan fingerprint density at radius 1 is 1.38 bits per heavy atom. The Morgan fingerprint density at radius 2 is 2.14 bits per heavy atom. The first-order valence-electron chi connectivity index (χ1n) is 6.53. The van der Waals surface area contributed by atoms with Gasteiger partial charge in [-0.25, -0.2) is 5.43 Å². The zero-order chi connectivity index (χ0) is 15.7. The van der Waals surface area contributed by atoms with Crippen molar-refractivity contribution < 1.29 is 14.3 Å². The van der Waals surface area contributed by atoms with E-state index in [-0.39, 0.29) is 0 Å². The van der Waals surface area contributed by atoms with E-state index in [9.17, 15) is 9.59 Å². The minimum atomic E-state index is -0.795. The number of ether oxygens (including phenoxy) is 1. The van der Waals surface area contributed by atoms with Crippen LogP contribution in [0, 0.1) is 0 Å². The van der Waals surface area contributed by atoms with E-state index in [1.807, 2.05) is 13.0 Å². The molecule has 0 unspecified atom stereocenters. The van der Waals surface area contributed by atoms with Crippen molar-refractivity contribution in [1.29, 1.82) is 0 Å². The van der Waals surface area contributed by atoms with Crippen LogP contribution in [0.1, 0.15) is 25.3 Å². The number of halogens is 1. The zero-order valence-corrected chi connectivity index (χ0v) is 13.6. The number of unbranched alkanes of at least 4 members (excludes halogenated alkanes) is 1. The molecule has 0 heterocycles. The molecule has 0 aliphatic heterocycles. The molecule has 7 heteroatoms. The van der Waals surface area contributed by atoms with Crippen molar-refractivity contribution in [3.05, 3.63) is 28.2 Å². The molecule has 0 saturated carbocycles. The second-order valence-corrected chi connectivity index (χ2v) is 5.11. The van der Waals surface area contributed by atoms with Gasteiger partial charge in [0.2, 0.25) is 0 Å². The summed E-state index contributed by atoms with van der Waals surface area (Å²) in [5, 5.41) is 6.26. The minimum Gasteiger partial charge on any atom is -0.496 e. The van der Waals surface area contributed by atoms with Gasteiger partial charge in [0.15, 0.2) is 0 Å². The Hall–Kier alpha value is -1.89. The van der Waals surface area contributed by atoms with E-state index in [4.69, 9.17) is 4.74 Å². The van der Waals surface area contributed by atoms with Gasteiger partial charge in [0.1, 0.15) is 5.75 Å². The minimum absolute atomic E-state index is 0.478. The van der Waals surface area contributed by atoms with Crippen LogP contribution in [0.15, 0.2) is 27.8 Å². The van der Waals surface area contributed by atoms with Crippen LogP contribution in [0.4, 0.5) is 0 Å². The highest BCUT2D eigenvalue weighted by Crippen LogP contribution is 2.21. The summed E-state index contributed by atoms with van der Waals surface area (Å²) in [4.78, 5) is 22.9. The van der Waals surface area contributed by atoms with Crippen LogP contribution in [0.3, 0.4) is 0 Å². The van der Waals surface area contributed by atoms with Crippen molar-refractivity contribution in [3.8, 4) is 5.75 Å². The second kappa shape index (κ2) is 9.12. The Labute approximate surface area is 132 Å². The fraction of sp³-hybridized carbons (Fsp3) is 0.357. The lowest BCUT2D eigenvalue weighted by Gasteiger charge is -2.05. The molecule has 114 valence electrons. The lowest BCUT2D eigenvalue weighted by atomic mass is 10.2. The number of nitrogens with zero attached hydrogens (tertiary/aromatic N) is 1. The van der Waals surface area contributed by atoms with E-state index >= 15 is 0 Å². The Kier molecular flexibility index (Phi) is 7.45. The number of hydrogen-bond donors (Lipinski definition) is 2. The highest BCUT2D eigenvalue weighted by atomic mass is 79.9. The lowest BCUT2D eigenvalue weighted by Crippen LogP contribution is -2.38. The van der Waals surface area contributed by atoms with Gasteiger partial charge in [-0.15, -0.1) is 0 Å². The number of benzene rings is 1. The van der Waals surface area contributed by atoms with Crippen molar-refractivity contribution in [2.75, 3.05) is 13.7 Å². The molecule has 0 bridgehead atoms. The molecular formula is C14H18BrN3O3. The number of hydrazone groups is 1. The quantitative estimate of drug-likeness (QED) is 0.353. The number of rotatable bonds is 6. The van der Waals surface area contributed by atoms with Crippen molar-refractivity contribution in [2.45, 2.75) is 19.8 Å². The standard InChI is InChI=1S/C14H18BrN3O3/c1-3-4-7-16-13(19)14(20)18-17-9-10-8-11(15)5-6-12(10)21-2/h5-6,8-9H,3-4,7H2,1-2H3,(H,16,19)(H,18,20)/b17-9-. The smallest absolute Gasteiger partial charge is 0.329 e. The van der Waals surface area contributed by atoms with Crippen LogP contribution in [-0.4, -0.2) is 31.7 Å². The summed E-state index contributed by atoms with van der Waals surface area (Å²) in [6.45, 7) is 2.48. The molecule has 1 aromatic rings. The largest absolute Gasteiger partial charge is 0.496 e. The molecule has 1 rings (SSSR count). The average Bonchev–Trinajstić information content (AvgIpc) is 2.47. The normalized spacial score (nSPS) is 10.4. The van der Waals surface area contributed by atoms with Gasteiger partial charge in [0.25, 0.3) is 0 Å². The molecule has 6 nitrogen and oxygen atoms in total. The fourth-order valence-electron chi connectivity index (χ4n) is 1.48. The molecule has 0 radical (unpaired) electrons. The predicted octanol–water partition coefficient (Wildman–Crippen LogP) is 1.82. The number of carbonyl (C=O) groups is 2. The summed E-state index contributed by atoms with van der Waals surface area (Å²) >= 11 is 3.34. The molecule has 1 aromatic carbocycles. The molecule has 2 amide bonds. The van der Waals surface area contributed by atoms with Gasteiger partial charge in [0, 0.05) is 16.6 Å². The van der Waals surface area contributed by atoms with Crippen LogP contribution >= 0.6 is 15.9 Å². The summed E-state index contributed by atoms with van der Waals surface area (Å²) in [6, 6.07) is 5.39. The van der Waals surface area contributed by atoms with Crippen LogP contribution in [0.2, 0.25) is 0 Å². The molecule has 0 atom stereocenters. The Morgan fingerprint density at radius 3 is 2.81 bits per heavy atom. The molecular weight excluding hydrogens is 338 g/mol. The van der Waals surface area contributed by atoms with Crippen LogP contribution in [0.25, 0.3) is 0 Å². The van der Waals surface area contributed by atoms with Crippen molar-refractivity contribution >= 4 is 34.0 Å². The Bertz CT molecular complexity index is 532. The van der Waals surface area contributed by atoms with Gasteiger partial charge in [-0.3, -0.25) is 9.59 Å². The van der Waals surface area contributed by atoms with Gasteiger partial charge in [-0.1, -0.05) is 29.3 Å². The maximum Gasteiger partial charge on any atom is 0.329 e. The number of hydrogen-bond acceptors (Lipinski definition) is 4. The van der Waals surface area contributed by atoms with Gasteiger partial charge < -0.3 is 10.1 Å². The third-order valence-electron chi connectivity index (χ3n) is 2.58. The van der Waals surface area contributed by atoms with Crippen molar-refractivity contribution in [1.82, 2.24) is 10.7 Å². The molecule has 2 N–H and O–H groups in total. The maximum absolute atomic E-state index is 11.5. The van der Waals surface area contributed by atoms with Gasteiger partial charge in [0.05, 0.1) is 13.3 Å². The second-order valence-electron chi connectivity index (χ2n) is 4.19. The summed E-state index contributed by atoms with van der Waals surface area (Å²) in [5.74, 6) is -0.873. The fourth-order valence-corrected chi connectivity index (χ4v) is 1.86. The molecule has 0 fully saturated rings. The number of carbonyl (C=O) groups excluding carboxylic acids is 2. The van der Waals surface area contributed by atoms with Gasteiger partial charge in [-0.2, -0.15) is 5.10 Å². The monoisotopic (exact) mass is 355 g/mol. The van der Waals surface area contributed by atoms with Crippen molar-refractivity contribution in [2.24, 2.45) is 5.10 Å². The summed E-state index contributed by atoms with van der Waals surface area (Å²) in [7, 11) is 1.54. The van der Waals surface area contributed by atoms with Gasteiger partial charge in [-0.05, 0) is 24.6 Å². The maximum atomic E-state index is 11.5. The Balaban J connectivity index is 2.56. The van der Waals surface area contributed by atoms with Crippen molar-refractivity contribution in [3.63, 3.8) is 0 Å². The first kappa shape index (κ1) is 17.2. The van der Waals surface area contributed by atoms with E-state index in [2.05, 4.69) is 31.8 Å². The number of amides is 2. The lowest BCUT2D eigenvalue weighted by molar-refractivity contribution is -0.139. The molecule has 0 spiro atoms. The molecule has 0 saturated heterocycles. The SMILES string of the molecule is CCCCNC(=O)C(=O)N/N=C\c1cc(Br)ccc1OC. The highest BCUT2D eigenvalue weighted by Gasteiger charge is 2.11. The number of nitrogens with one attached hydrogen (secondary N) is 2. The topological polar surface area (TPSA) is 79.8 Å². The summed E-state index contributed by atoms with van der Waals surface area (Å²) < 4.78 is 6.02. The third-order valence-corrected chi connectivity index (χ3v) is 3.08. The van der Waals surface area contributed by atoms with Gasteiger partial charge >= 0.3 is 11.8 Å². The van der Waals surface area contributed by atoms with Crippen LogP contribution < -0.4 is 15.5 Å². The molecule has 0 aliphatic carbocycles. The van der Waals surface area contributed by atoms with E-state index in [1.54, 1.807) is 19.2 Å². The predicted molar refractivity (Wildman–Crippen MR) is 84.3 cm³/mol. The molecule has 21 heavy (non-hydrogen) atoms. The highest BCUT2D eigenvalue weighted by molar-refractivity contribution is 9.10. The van der Waals surface area contributed by atoms with E-state index < -0.39 is 11.8 Å². The summed E-state index contributed by atoms with van der Waals surface area (Å²) in [5.41, 5.74) is 2.86. The van der Waals surface area contributed by atoms with E-state index in [0.29, 0.717) is 17.9 Å². The van der Waals surface area contributed by atoms with E-state index in [1.165, 1.54) is 6.21 Å². The summed E-state index contributed by atoms with van der Waals surface area (Å²) in [6.07, 6.45) is 3.20. The first-order valence-corrected chi connectivity index (χ1v) is 7.32. The molecule has 0 aromatic heterocycles. The third kappa shape index (κ3) is 5.95. The van der Waals surface area contributed by atoms with Crippen LogP contribution in [-0.2, 0) is 9.59 Å². The molecule has 0 aliphatic rings.